The van der Waals surface area contributed by atoms with Crippen LogP contribution in [0.4, 0.5) is 5.69 Å². The Kier molecular flexibility index (Phi) is 7.46. The highest BCUT2D eigenvalue weighted by Crippen LogP contribution is 2.25. The number of nitrogens with one attached hydrogen (secondary N) is 2. The van der Waals surface area contributed by atoms with Crippen LogP contribution < -0.4 is 15.8 Å². The molecule has 0 aliphatic heterocycles. The monoisotopic (exact) mass is 423 g/mol. The summed E-state index contributed by atoms with van der Waals surface area (Å²) in [6.07, 6.45) is 3.03. The van der Waals surface area contributed by atoms with Gasteiger partial charge in [0.15, 0.2) is 0 Å². The summed E-state index contributed by atoms with van der Waals surface area (Å²) in [5.41, 5.74) is 7.56. The molecule has 1 aliphatic rings. The van der Waals surface area contributed by atoms with E-state index in [1.165, 1.54) is 24.3 Å². The Hall–Kier alpha value is -2.09. The second-order valence-corrected chi connectivity index (χ2v) is 8.63. The number of sulfonamides is 1. The SMILES string of the molecule is Cc1ccccc1NS(=O)(=O)c1ccc(C(=O)NC2CCCC2CN)cc1.Cl. The third-order valence-electron chi connectivity index (χ3n) is 5.09. The first kappa shape index (κ1) is 22.2. The molecule has 28 heavy (non-hydrogen) atoms. The highest BCUT2D eigenvalue weighted by atomic mass is 35.5. The molecule has 0 heterocycles. The number of hydrogen-bond donors (Lipinski definition) is 3. The number of carbonyl (C=O) groups is 1. The number of anilines is 1. The van der Waals surface area contributed by atoms with Gasteiger partial charge in [0.1, 0.15) is 0 Å². The van der Waals surface area contributed by atoms with Crippen LogP contribution in [0.15, 0.2) is 53.4 Å². The van der Waals surface area contributed by atoms with Crippen LogP contribution in [0, 0.1) is 12.8 Å². The van der Waals surface area contributed by atoms with Crippen LogP contribution >= 0.6 is 12.4 Å². The van der Waals surface area contributed by atoms with E-state index >= 15 is 0 Å². The number of amides is 1. The molecule has 0 saturated heterocycles. The van der Waals surface area contributed by atoms with Crippen molar-refractivity contribution in [2.75, 3.05) is 11.3 Å². The number of rotatable bonds is 6. The fourth-order valence-electron chi connectivity index (χ4n) is 3.44. The molecule has 1 saturated carbocycles. The van der Waals surface area contributed by atoms with Crippen LogP contribution in [-0.4, -0.2) is 26.9 Å². The number of aryl methyl sites for hydroxylation is 1. The summed E-state index contributed by atoms with van der Waals surface area (Å²) < 4.78 is 27.7. The lowest BCUT2D eigenvalue weighted by Gasteiger charge is -2.19. The second kappa shape index (κ2) is 9.41. The van der Waals surface area contributed by atoms with Gasteiger partial charge in [-0.3, -0.25) is 9.52 Å². The highest BCUT2D eigenvalue weighted by molar-refractivity contribution is 7.92. The lowest BCUT2D eigenvalue weighted by molar-refractivity contribution is 0.0928. The average molecular weight is 424 g/mol. The Balaban J connectivity index is 0.00000280. The lowest BCUT2D eigenvalue weighted by Crippen LogP contribution is -2.39. The fourth-order valence-corrected chi connectivity index (χ4v) is 4.57. The molecule has 0 radical (unpaired) electrons. The smallest absolute Gasteiger partial charge is 0.261 e. The minimum absolute atomic E-state index is 0. The van der Waals surface area contributed by atoms with Crippen molar-refractivity contribution in [2.24, 2.45) is 11.7 Å². The molecule has 6 nitrogen and oxygen atoms in total. The minimum Gasteiger partial charge on any atom is -0.349 e. The first-order valence-corrected chi connectivity index (χ1v) is 10.6. The zero-order valence-corrected chi connectivity index (χ0v) is 17.4. The molecule has 0 spiro atoms. The van der Waals surface area contributed by atoms with Gasteiger partial charge in [0.2, 0.25) is 0 Å². The molecule has 2 unspecified atom stereocenters. The van der Waals surface area contributed by atoms with Crippen LogP contribution in [0.5, 0.6) is 0 Å². The van der Waals surface area contributed by atoms with Gasteiger partial charge in [0, 0.05) is 11.6 Å². The van der Waals surface area contributed by atoms with Gasteiger partial charge in [0.05, 0.1) is 10.6 Å². The number of benzene rings is 2. The first-order chi connectivity index (χ1) is 12.9. The van der Waals surface area contributed by atoms with Gasteiger partial charge in [-0.25, -0.2) is 8.42 Å². The Morgan fingerprint density at radius 1 is 1.11 bits per heavy atom. The molecular formula is C20H26ClN3O3S. The maximum atomic E-state index is 12.6. The van der Waals surface area contributed by atoms with Gasteiger partial charge in [-0.1, -0.05) is 24.6 Å². The minimum atomic E-state index is -3.71. The zero-order valence-electron chi connectivity index (χ0n) is 15.7. The van der Waals surface area contributed by atoms with Crippen molar-refractivity contribution in [2.45, 2.75) is 37.1 Å². The molecule has 1 aliphatic carbocycles. The standard InChI is InChI=1S/C20H25N3O3S.ClH/c1-14-5-2-3-7-18(14)23-27(25,26)17-11-9-15(10-12-17)20(24)22-19-8-4-6-16(19)13-21;/h2-3,5,7,9-12,16,19,23H,4,6,8,13,21H2,1H3,(H,22,24);1H. The van der Waals surface area contributed by atoms with E-state index in [1.54, 1.807) is 12.1 Å². The summed E-state index contributed by atoms with van der Waals surface area (Å²) in [4.78, 5) is 12.6. The summed E-state index contributed by atoms with van der Waals surface area (Å²) in [6.45, 7) is 2.40. The second-order valence-electron chi connectivity index (χ2n) is 6.95. The van der Waals surface area contributed by atoms with E-state index in [4.69, 9.17) is 5.73 Å². The van der Waals surface area contributed by atoms with Gasteiger partial charge >= 0.3 is 0 Å². The molecule has 1 fully saturated rings. The molecule has 2 aromatic carbocycles. The number of hydrogen-bond acceptors (Lipinski definition) is 4. The van der Waals surface area contributed by atoms with E-state index in [1.807, 2.05) is 19.1 Å². The molecule has 2 atom stereocenters. The van der Waals surface area contributed by atoms with Gasteiger partial charge in [-0.15, -0.1) is 12.4 Å². The van der Waals surface area contributed by atoms with Crippen molar-refractivity contribution < 1.29 is 13.2 Å². The predicted molar refractivity (Wildman–Crippen MR) is 113 cm³/mol. The Morgan fingerprint density at radius 2 is 1.79 bits per heavy atom. The quantitative estimate of drug-likeness (QED) is 0.664. The molecule has 0 bridgehead atoms. The Bertz CT molecular complexity index is 917. The van der Waals surface area contributed by atoms with E-state index in [9.17, 15) is 13.2 Å². The fraction of sp³-hybridized carbons (Fsp3) is 0.350. The van der Waals surface area contributed by atoms with Crippen molar-refractivity contribution in [3.8, 4) is 0 Å². The van der Waals surface area contributed by atoms with Crippen molar-refractivity contribution in [3.63, 3.8) is 0 Å². The predicted octanol–water partition coefficient (Wildman–Crippen LogP) is 3.07. The lowest BCUT2D eigenvalue weighted by atomic mass is 10.0. The topological polar surface area (TPSA) is 101 Å². The van der Waals surface area contributed by atoms with Gasteiger partial charge in [0.25, 0.3) is 15.9 Å². The number of nitrogens with two attached hydrogens (primary N) is 1. The third-order valence-corrected chi connectivity index (χ3v) is 6.48. The Labute approximate surface area is 172 Å². The number of halogens is 1. The van der Waals surface area contributed by atoms with Crippen LogP contribution in [0.1, 0.15) is 35.2 Å². The largest absolute Gasteiger partial charge is 0.349 e. The highest BCUT2D eigenvalue weighted by Gasteiger charge is 2.27. The molecule has 152 valence electrons. The molecule has 1 amide bonds. The van der Waals surface area contributed by atoms with Gasteiger partial charge < -0.3 is 11.1 Å². The molecule has 4 N–H and O–H groups in total. The molecular weight excluding hydrogens is 398 g/mol. The van der Waals surface area contributed by atoms with Crippen LogP contribution in [0.2, 0.25) is 0 Å². The van der Waals surface area contributed by atoms with E-state index in [2.05, 4.69) is 10.0 Å². The maximum absolute atomic E-state index is 12.6. The van der Waals surface area contributed by atoms with E-state index < -0.39 is 10.0 Å². The van der Waals surface area contributed by atoms with Crippen LogP contribution in [0.25, 0.3) is 0 Å². The summed E-state index contributed by atoms with van der Waals surface area (Å²) >= 11 is 0. The first-order valence-electron chi connectivity index (χ1n) is 9.10. The summed E-state index contributed by atoms with van der Waals surface area (Å²) in [5, 5.41) is 3.02. The Morgan fingerprint density at radius 3 is 2.43 bits per heavy atom. The molecule has 8 heteroatoms. The normalized spacial score (nSPS) is 18.9. The van der Waals surface area contributed by atoms with Gasteiger partial charge in [-0.05, 0) is 68.1 Å². The van der Waals surface area contributed by atoms with Gasteiger partial charge in [-0.2, -0.15) is 0 Å². The van der Waals surface area contributed by atoms with Crippen molar-refractivity contribution in [1.29, 1.82) is 0 Å². The molecule has 2 aromatic rings. The van der Waals surface area contributed by atoms with Crippen molar-refractivity contribution in [3.05, 3.63) is 59.7 Å². The third kappa shape index (κ3) is 5.04. The molecule has 0 aromatic heterocycles. The van der Waals surface area contributed by atoms with E-state index in [-0.39, 0.29) is 29.3 Å². The maximum Gasteiger partial charge on any atom is 0.261 e. The number of para-hydroxylation sites is 1. The van der Waals surface area contributed by atoms with Crippen molar-refractivity contribution in [1.82, 2.24) is 5.32 Å². The van der Waals surface area contributed by atoms with E-state index in [0.29, 0.717) is 23.7 Å². The van der Waals surface area contributed by atoms with Crippen LogP contribution in [-0.2, 0) is 10.0 Å². The number of carbonyl (C=O) groups excluding carboxylic acids is 1. The average Bonchev–Trinajstić information content (AvgIpc) is 3.10. The zero-order chi connectivity index (χ0) is 19.4. The van der Waals surface area contributed by atoms with Crippen LogP contribution in [0.3, 0.4) is 0 Å². The van der Waals surface area contributed by atoms with E-state index in [0.717, 1.165) is 24.8 Å². The summed E-state index contributed by atoms with van der Waals surface area (Å²) in [5.74, 6) is 0.114. The molecule has 3 rings (SSSR count). The summed E-state index contributed by atoms with van der Waals surface area (Å²) in [7, 11) is -3.71. The van der Waals surface area contributed by atoms with Crippen molar-refractivity contribution >= 4 is 34.0 Å². The summed E-state index contributed by atoms with van der Waals surface area (Å²) in [6, 6.07) is 13.2.